The molecule has 1 heterocycles. The molecule has 1 aromatic heterocycles. The van der Waals surface area contributed by atoms with E-state index >= 15 is 0 Å². The van der Waals surface area contributed by atoms with Crippen LogP contribution in [0.1, 0.15) is 21.7 Å². The first kappa shape index (κ1) is 20.5. The van der Waals surface area contributed by atoms with E-state index in [-0.39, 0.29) is 29.8 Å². The molecule has 0 fully saturated rings. The third kappa shape index (κ3) is 5.41. The molecule has 0 saturated carbocycles. The minimum Gasteiger partial charge on any atom is -0.345 e. The highest BCUT2D eigenvalue weighted by Crippen LogP contribution is 2.17. The van der Waals surface area contributed by atoms with Crippen molar-refractivity contribution in [3.8, 4) is 0 Å². The summed E-state index contributed by atoms with van der Waals surface area (Å²) in [7, 11) is 1.76. The van der Waals surface area contributed by atoms with E-state index in [0.717, 1.165) is 5.56 Å². The number of rotatable bonds is 7. The number of hydrogen-bond donors (Lipinski definition) is 2. The molecule has 0 aliphatic carbocycles. The molecule has 150 valence electrons. The average Bonchev–Trinajstić information content (AvgIpc) is 3.06. The molecular weight excluding hydrogens is 393 g/mol. The number of anilines is 1. The van der Waals surface area contributed by atoms with Crippen LogP contribution in [0.2, 0.25) is 0 Å². The molecule has 2 N–H and O–H groups in total. The fourth-order valence-electron chi connectivity index (χ4n) is 2.55. The smallest absolute Gasteiger partial charge is 0.251 e. The lowest BCUT2D eigenvalue weighted by Crippen LogP contribution is -2.24. The molecule has 2 aromatic carbocycles. The van der Waals surface area contributed by atoms with Crippen LogP contribution < -0.4 is 10.6 Å². The number of aryl methyl sites for hydroxylation is 1. The molecule has 0 atom stereocenters. The summed E-state index contributed by atoms with van der Waals surface area (Å²) in [5.41, 5.74) is 1.71. The third-order valence-corrected chi connectivity index (χ3v) is 5.11. The molecule has 0 radical (unpaired) electrons. The fraction of sp³-hybridized carbons (Fsp3) is 0.200. The van der Waals surface area contributed by atoms with Crippen LogP contribution in [0.4, 0.5) is 10.1 Å². The van der Waals surface area contributed by atoms with E-state index in [2.05, 4.69) is 20.8 Å². The lowest BCUT2D eigenvalue weighted by molar-refractivity contribution is -0.113. The number of para-hydroxylation sites is 1. The van der Waals surface area contributed by atoms with E-state index in [1.54, 1.807) is 29.8 Å². The van der Waals surface area contributed by atoms with Crippen LogP contribution in [0.3, 0.4) is 0 Å². The Morgan fingerprint density at radius 1 is 1.14 bits per heavy atom. The van der Waals surface area contributed by atoms with Gasteiger partial charge in [0.25, 0.3) is 5.91 Å². The van der Waals surface area contributed by atoms with E-state index in [1.165, 1.54) is 23.9 Å². The molecule has 2 amide bonds. The number of carbonyl (C=O) groups is 2. The zero-order valence-corrected chi connectivity index (χ0v) is 16.8. The minimum absolute atomic E-state index is 0.0515. The van der Waals surface area contributed by atoms with Crippen molar-refractivity contribution in [3.63, 3.8) is 0 Å². The summed E-state index contributed by atoms with van der Waals surface area (Å²) in [6.07, 6.45) is 0. The van der Waals surface area contributed by atoms with Gasteiger partial charge in [0.15, 0.2) is 11.0 Å². The number of aromatic nitrogens is 3. The Morgan fingerprint density at radius 3 is 2.69 bits per heavy atom. The van der Waals surface area contributed by atoms with Crippen molar-refractivity contribution in [2.75, 3.05) is 11.1 Å². The maximum Gasteiger partial charge on any atom is 0.251 e. The van der Waals surface area contributed by atoms with Gasteiger partial charge in [-0.1, -0.05) is 41.6 Å². The summed E-state index contributed by atoms with van der Waals surface area (Å²) in [5, 5.41) is 14.0. The normalized spacial score (nSPS) is 10.6. The molecular formula is C20H20FN5O2S. The monoisotopic (exact) mass is 413 g/mol. The Labute approximate surface area is 171 Å². The average molecular weight is 413 g/mol. The van der Waals surface area contributed by atoms with Crippen LogP contribution in [0.5, 0.6) is 0 Å². The van der Waals surface area contributed by atoms with Gasteiger partial charge in [0.2, 0.25) is 5.91 Å². The number of carbonyl (C=O) groups excluding carboxylic acids is 2. The molecule has 3 rings (SSSR count). The van der Waals surface area contributed by atoms with Gasteiger partial charge in [0, 0.05) is 12.6 Å². The van der Waals surface area contributed by atoms with Gasteiger partial charge in [-0.25, -0.2) is 4.39 Å². The summed E-state index contributed by atoms with van der Waals surface area (Å²) >= 11 is 1.18. The Balaban J connectivity index is 1.53. The summed E-state index contributed by atoms with van der Waals surface area (Å²) in [4.78, 5) is 24.3. The van der Waals surface area contributed by atoms with Crippen molar-refractivity contribution < 1.29 is 14.0 Å². The first-order chi connectivity index (χ1) is 13.9. The van der Waals surface area contributed by atoms with Gasteiger partial charge >= 0.3 is 0 Å². The third-order valence-electron chi connectivity index (χ3n) is 4.09. The van der Waals surface area contributed by atoms with E-state index in [0.29, 0.717) is 16.5 Å². The molecule has 0 saturated heterocycles. The molecule has 0 spiro atoms. The van der Waals surface area contributed by atoms with E-state index < -0.39 is 5.82 Å². The van der Waals surface area contributed by atoms with Crippen molar-refractivity contribution >= 4 is 29.3 Å². The van der Waals surface area contributed by atoms with Crippen LogP contribution >= 0.6 is 11.8 Å². The second-order valence-corrected chi connectivity index (χ2v) is 7.27. The van der Waals surface area contributed by atoms with Gasteiger partial charge in [-0.05, 0) is 31.2 Å². The van der Waals surface area contributed by atoms with Crippen LogP contribution in [0, 0.1) is 12.7 Å². The van der Waals surface area contributed by atoms with Crippen molar-refractivity contribution in [1.82, 2.24) is 20.1 Å². The van der Waals surface area contributed by atoms with E-state index in [4.69, 9.17) is 0 Å². The largest absolute Gasteiger partial charge is 0.345 e. The highest BCUT2D eigenvalue weighted by Gasteiger charge is 2.14. The molecule has 0 aliphatic heterocycles. The Bertz CT molecular complexity index is 1040. The summed E-state index contributed by atoms with van der Waals surface area (Å²) in [6, 6.07) is 13.3. The maximum atomic E-state index is 13.6. The molecule has 29 heavy (non-hydrogen) atoms. The molecule has 0 aliphatic rings. The zero-order valence-electron chi connectivity index (χ0n) is 16.0. The molecule has 0 bridgehead atoms. The fourth-order valence-corrected chi connectivity index (χ4v) is 3.28. The number of benzene rings is 2. The number of nitrogens with one attached hydrogen (secondary N) is 2. The SMILES string of the molecule is Cc1cccc(C(=O)NCc2nnc(SCC(=O)Nc3ccccc3F)n2C)c1. The lowest BCUT2D eigenvalue weighted by atomic mass is 10.1. The summed E-state index contributed by atoms with van der Waals surface area (Å²) < 4.78 is 15.3. The highest BCUT2D eigenvalue weighted by molar-refractivity contribution is 7.99. The Kier molecular flexibility index (Phi) is 6.61. The first-order valence-electron chi connectivity index (χ1n) is 8.84. The minimum atomic E-state index is -0.490. The van der Waals surface area contributed by atoms with Gasteiger partial charge in [-0.3, -0.25) is 9.59 Å². The second-order valence-electron chi connectivity index (χ2n) is 6.33. The number of thioether (sulfide) groups is 1. The van der Waals surface area contributed by atoms with Gasteiger partial charge in [0.05, 0.1) is 18.0 Å². The van der Waals surface area contributed by atoms with Crippen LogP contribution in [0.15, 0.2) is 53.7 Å². The predicted molar refractivity (Wildman–Crippen MR) is 109 cm³/mol. The number of hydrogen-bond acceptors (Lipinski definition) is 5. The standard InChI is InChI=1S/C20H20FN5O2S/c1-13-6-5-7-14(10-13)19(28)22-11-17-24-25-20(26(17)2)29-12-18(27)23-16-9-4-3-8-15(16)21/h3-10H,11-12H2,1-2H3,(H,22,28)(H,23,27). The number of amides is 2. The van der Waals surface area contributed by atoms with Crippen molar-refractivity contribution in [2.45, 2.75) is 18.6 Å². The molecule has 7 nitrogen and oxygen atoms in total. The predicted octanol–water partition coefficient (Wildman–Crippen LogP) is 2.92. The van der Waals surface area contributed by atoms with Gasteiger partial charge in [-0.2, -0.15) is 0 Å². The van der Waals surface area contributed by atoms with Crippen LogP contribution in [-0.2, 0) is 18.4 Å². The highest BCUT2D eigenvalue weighted by atomic mass is 32.2. The molecule has 3 aromatic rings. The van der Waals surface area contributed by atoms with Gasteiger partial charge < -0.3 is 15.2 Å². The van der Waals surface area contributed by atoms with E-state index in [1.807, 2.05) is 25.1 Å². The topological polar surface area (TPSA) is 88.9 Å². The lowest BCUT2D eigenvalue weighted by Gasteiger charge is -2.07. The summed E-state index contributed by atoms with van der Waals surface area (Å²) in [6.45, 7) is 2.13. The van der Waals surface area contributed by atoms with Gasteiger partial charge in [0.1, 0.15) is 5.82 Å². The zero-order chi connectivity index (χ0) is 20.8. The quantitative estimate of drug-likeness (QED) is 0.582. The Morgan fingerprint density at radius 2 is 1.93 bits per heavy atom. The van der Waals surface area contributed by atoms with Crippen LogP contribution in [0.25, 0.3) is 0 Å². The number of halogens is 1. The van der Waals surface area contributed by atoms with Crippen LogP contribution in [-0.4, -0.2) is 32.3 Å². The van der Waals surface area contributed by atoms with Gasteiger partial charge in [-0.15, -0.1) is 10.2 Å². The van der Waals surface area contributed by atoms with E-state index in [9.17, 15) is 14.0 Å². The Hall–Kier alpha value is -3.20. The summed E-state index contributed by atoms with van der Waals surface area (Å²) in [5.74, 6) is -0.428. The maximum absolute atomic E-state index is 13.6. The molecule has 0 unspecified atom stereocenters. The molecule has 9 heteroatoms. The number of nitrogens with zero attached hydrogens (tertiary/aromatic N) is 3. The second kappa shape index (κ2) is 9.33. The van der Waals surface area contributed by atoms with Crippen molar-refractivity contribution in [2.24, 2.45) is 7.05 Å². The first-order valence-corrected chi connectivity index (χ1v) is 9.83. The van der Waals surface area contributed by atoms with Crippen molar-refractivity contribution in [1.29, 1.82) is 0 Å². The van der Waals surface area contributed by atoms with Crippen molar-refractivity contribution in [3.05, 3.63) is 71.3 Å².